The molecule has 3 rings (SSSR count). The molecular weight excluding hydrogens is 345 g/mol. The van der Waals surface area contributed by atoms with Crippen LogP contribution in [0.1, 0.15) is 12.0 Å². The third-order valence-corrected chi connectivity index (χ3v) is 5.06. The number of benzene rings is 2. The van der Waals surface area contributed by atoms with Crippen LogP contribution in [0.2, 0.25) is 0 Å². The van der Waals surface area contributed by atoms with Gasteiger partial charge in [0.1, 0.15) is 5.82 Å². The number of urea groups is 1. The number of nitrogens with zero attached hydrogens (tertiary/aromatic N) is 1. The molecule has 2 aromatic rings. The predicted octanol–water partition coefficient (Wildman–Crippen LogP) is 2.69. The molecule has 0 bridgehead atoms. The number of sulfonamides is 1. The van der Waals surface area contributed by atoms with E-state index in [2.05, 4.69) is 10.0 Å². The smallest absolute Gasteiger partial charge is 0.321 e. The van der Waals surface area contributed by atoms with Crippen molar-refractivity contribution in [2.75, 3.05) is 22.7 Å². The van der Waals surface area contributed by atoms with Crippen LogP contribution >= 0.6 is 0 Å². The molecule has 8 heteroatoms. The number of halogens is 1. The van der Waals surface area contributed by atoms with Gasteiger partial charge >= 0.3 is 6.03 Å². The summed E-state index contributed by atoms with van der Waals surface area (Å²) in [5.74, 6) is -0.657. The highest BCUT2D eigenvalue weighted by molar-refractivity contribution is 7.91. The lowest BCUT2D eigenvalue weighted by molar-refractivity contribution is 0.243. The van der Waals surface area contributed by atoms with E-state index in [-0.39, 0.29) is 11.8 Å². The highest BCUT2D eigenvalue weighted by Crippen LogP contribution is 2.21. The first-order valence-electron chi connectivity index (χ1n) is 7.83. The molecule has 0 radical (unpaired) electrons. The van der Waals surface area contributed by atoms with Crippen molar-refractivity contribution in [3.8, 4) is 0 Å². The van der Waals surface area contributed by atoms with Gasteiger partial charge < -0.3 is 5.32 Å². The number of carbonyl (C=O) groups excluding carboxylic acids is 1. The van der Waals surface area contributed by atoms with E-state index in [9.17, 15) is 17.6 Å². The molecule has 1 heterocycles. The summed E-state index contributed by atoms with van der Waals surface area (Å²) in [6, 6.07) is 11.8. The van der Waals surface area contributed by atoms with Crippen LogP contribution in [0.15, 0.2) is 48.5 Å². The van der Waals surface area contributed by atoms with Gasteiger partial charge in [0.15, 0.2) is 0 Å². The molecule has 6 nitrogen and oxygen atoms in total. The fraction of sp³-hybridized carbons (Fsp3) is 0.235. The third-order valence-electron chi connectivity index (χ3n) is 3.80. The minimum atomic E-state index is -3.61. The third kappa shape index (κ3) is 4.48. The Morgan fingerprint density at radius 1 is 1.08 bits per heavy atom. The Bertz CT molecular complexity index is 852. The molecule has 2 N–H and O–H groups in total. The summed E-state index contributed by atoms with van der Waals surface area (Å²) in [7, 11) is -3.61. The second-order valence-electron chi connectivity index (χ2n) is 5.77. The zero-order valence-electron chi connectivity index (χ0n) is 13.4. The van der Waals surface area contributed by atoms with Gasteiger partial charge in [0.25, 0.3) is 0 Å². The van der Waals surface area contributed by atoms with Crippen LogP contribution in [0.4, 0.5) is 20.6 Å². The number of hydrogen-bond acceptors (Lipinski definition) is 3. The summed E-state index contributed by atoms with van der Waals surface area (Å²) in [5.41, 5.74) is 1.61. The Kier molecular flexibility index (Phi) is 4.89. The summed E-state index contributed by atoms with van der Waals surface area (Å²) < 4.78 is 39.8. The lowest BCUT2D eigenvalue weighted by Crippen LogP contribution is -2.46. The molecule has 132 valence electrons. The molecule has 0 unspecified atom stereocenters. The molecule has 0 aromatic heterocycles. The highest BCUT2D eigenvalue weighted by atomic mass is 32.2. The lowest BCUT2D eigenvalue weighted by Gasteiger charge is -2.27. The minimum Gasteiger partial charge on any atom is -0.338 e. The van der Waals surface area contributed by atoms with Crippen LogP contribution in [-0.2, 0) is 15.8 Å². The number of anilines is 2. The number of nitrogens with one attached hydrogen (secondary N) is 2. The van der Waals surface area contributed by atoms with E-state index in [0.29, 0.717) is 30.0 Å². The standard InChI is InChI=1S/C17H18FN3O3S/c18-14-4-2-13(3-5-14)12-25(23,24)20-15-6-8-16(9-7-15)21-11-1-10-19-17(21)22/h2-9,20H,1,10-12H2,(H,19,22). The highest BCUT2D eigenvalue weighted by Gasteiger charge is 2.19. The molecule has 2 aromatic carbocycles. The van der Waals surface area contributed by atoms with Gasteiger partial charge in [0.2, 0.25) is 10.0 Å². The van der Waals surface area contributed by atoms with Gasteiger partial charge in [-0.05, 0) is 48.4 Å². The van der Waals surface area contributed by atoms with Gasteiger partial charge in [0.05, 0.1) is 5.75 Å². The molecule has 0 saturated carbocycles. The van der Waals surface area contributed by atoms with E-state index >= 15 is 0 Å². The maximum Gasteiger partial charge on any atom is 0.321 e. The lowest BCUT2D eigenvalue weighted by atomic mass is 10.2. The van der Waals surface area contributed by atoms with Crippen LogP contribution in [0.25, 0.3) is 0 Å². The second-order valence-corrected chi connectivity index (χ2v) is 7.49. The zero-order valence-corrected chi connectivity index (χ0v) is 14.2. The summed E-state index contributed by atoms with van der Waals surface area (Å²) in [6.07, 6.45) is 0.859. The van der Waals surface area contributed by atoms with Crippen molar-refractivity contribution >= 4 is 27.4 Å². The van der Waals surface area contributed by atoms with Crippen LogP contribution in [0.5, 0.6) is 0 Å². The van der Waals surface area contributed by atoms with Gasteiger partial charge in [-0.2, -0.15) is 0 Å². The average molecular weight is 363 g/mol. The molecule has 1 saturated heterocycles. The Balaban J connectivity index is 1.67. The summed E-state index contributed by atoms with van der Waals surface area (Å²) in [5, 5.41) is 2.76. The first kappa shape index (κ1) is 17.2. The molecular formula is C17H18FN3O3S. The van der Waals surface area contributed by atoms with Gasteiger partial charge in [0, 0.05) is 24.5 Å². The predicted molar refractivity (Wildman–Crippen MR) is 94.5 cm³/mol. The maximum atomic E-state index is 12.9. The van der Waals surface area contributed by atoms with Crippen LogP contribution < -0.4 is 14.9 Å². The fourth-order valence-corrected chi connectivity index (χ4v) is 3.80. The van der Waals surface area contributed by atoms with Crippen molar-refractivity contribution in [2.45, 2.75) is 12.2 Å². The Labute approximate surface area is 145 Å². The van der Waals surface area contributed by atoms with Crippen LogP contribution in [0, 0.1) is 5.82 Å². The summed E-state index contributed by atoms with van der Waals surface area (Å²) in [4.78, 5) is 13.4. The zero-order chi connectivity index (χ0) is 17.9. The van der Waals surface area contributed by atoms with E-state index in [4.69, 9.17) is 0 Å². The fourth-order valence-electron chi connectivity index (χ4n) is 2.60. The van der Waals surface area contributed by atoms with Gasteiger partial charge in [-0.25, -0.2) is 17.6 Å². The Morgan fingerprint density at radius 2 is 1.76 bits per heavy atom. The summed E-state index contributed by atoms with van der Waals surface area (Å²) in [6.45, 7) is 1.29. The first-order chi connectivity index (χ1) is 11.9. The second kappa shape index (κ2) is 7.10. The Hall–Kier alpha value is -2.61. The van der Waals surface area contributed by atoms with Gasteiger partial charge in [-0.3, -0.25) is 9.62 Å². The molecule has 0 spiro atoms. The maximum absolute atomic E-state index is 12.9. The normalized spacial score (nSPS) is 14.9. The van der Waals surface area contributed by atoms with E-state index in [0.717, 1.165) is 6.42 Å². The van der Waals surface area contributed by atoms with Crippen LogP contribution in [0.3, 0.4) is 0 Å². The van der Waals surface area contributed by atoms with Crippen molar-refractivity contribution < 1.29 is 17.6 Å². The van der Waals surface area contributed by atoms with Gasteiger partial charge in [-0.15, -0.1) is 0 Å². The minimum absolute atomic E-state index is 0.157. The number of amides is 2. The summed E-state index contributed by atoms with van der Waals surface area (Å²) >= 11 is 0. The van der Waals surface area contributed by atoms with E-state index in [1.807, 2.05) is 0 Å². The molecule has 25 heavy (non-hydrogen) atoms. The number of hydrogen-bond donors (Lipinski definition) is 2. The van der Waals surface area contributed by atoms with E-state index in [1.165, 1.54) is 24.3 Å². The number of rotatable bonds is 5. The SMILES string of the molecule is O=C1NCCCN1c1ccc(NS(=O)(=O)Cc2ccc(F)cc2)cc1. The van der Waals surface area contributed by atoms with Crippen molar-refractivity contribution in [3.63, 3.8) is 0 Å². The molecule has 1 aliphatic heterocycles. The quantitative estimate of drug-likeness (QED) is 0.857. The molecule has 1 aliphatic rings. The number of carbonyl (C=O) groups is 1. The molecule has 0 aliphatic carbocycles. The first-order valence-corrected chi connectivity index (χ1v) is 9.48. The van der Waals surface area contributed by atoms with E-state index < -0.39 is 15.8 Å². The molecule has 2 amide bonds. The van der Waals surface area contributed by atoms with E-state index in [1.54, 1.807) is 29.2 Å². The van der Waals surface area contributed by atoms with Crippen molar-refractivity contribution in [2.24, 2.45) is 0 Å². The van der Waals surface area contributed by atoms with Crippen LogP contribution in [-0.4, -0.2) is 27.5 Å². The topological polar surface area (TPSA) is 78.5 Å². The molecule has 0 atom stereocenters. The Morgan fingerprint density at radius 3 is 2.40 bits per heavy atom. The van der Waals surface area contributed by atoms with Gasteiger partial charge in [-0.1, -0.05) is 12.1 Å². The van der Waals surface area contributed by atoms with Crippen molar-refractivity contribution in [3.05, 3.63) is 59.9 Å². The monoisotopic (exact) mass is 363 g/mol. The largest absolute Gasteiger partial charge is 0.338 e. The van der Waals surface area contributed by atoms with Crippen molar-refractivity contribution in [1.82, 2.24) is 5.32 Å². The average Bonchev–Trinajstić information content (AvgIpc) is 2.58. The van der Waals surface area contributed by atoms with Crippen molar-refractivity contribution in [1.29, 1.82) is 0 Å². The molecule has 1 fully saturated rings.